The summed E-state index contributed by atoms with van der Waals surface area (Å²) in [5.41, 5.74) is 5.40. The summed E-state index contributed by atoms with van der Waals surface area (Å²) in [6.07, 6.45) is 9.35. The van der Waals surface area contributed by atoms with E-state index in [0.717, 1.165) is 33.9 Å². The minimum Gasteiger partial charge on any atom is -0.291 e. The fourth-order valence-corrected chi connectivity index (χ4v) is 1.87. The minimum absolute atomic E-state index is 0.809. The highest BCUT2D eigenvalue weighted by atomic mass is 14.8. The molecule has 0 aromatic carbocycles. The SMILES string of the molecule is C=CN=C(C)c1cc(/C(C=C)=C/C=C\C)cc(C(C)=NC)n1. The molecule has 22 heavy (non-hydrogen) atoms. The number of allylic oxidation sites excluding steroid dienone is 5. The van der Waals surface area contributed by atoms with Gasteiger partial charge in [-0.15, -0.1) is 0 Å². The van der Waals surface area contributed by atoms with Crippen molar-refractivity contribution >= 4 is 17.0 Å². The van der Waals surface area contributed by atoms with Gasteiger partial charge in [-0.05, 0) is 44.0 Å². The molecule has 0 atom stereocenters. The van der Waals surface area contributed by atoms with Gasteiger partial charge in [0.05, 0.1) is 22.8 Å². The summed E-state index contributed by atoms with van der Waals surface area (Å²) in [4.78, 5) is 13.1. The Bertz CT molecular complexity index is 674. The summed E-state index contributed by atoms with van der Waals surface area (Å²) < 4.78 is 0. The van der Waals surface area contributed by atoms with E-state index in [1.165, 1.54) is 6.20 Å². The number of aliphatic imine (C=N–C) groups is 2. The Morgan fingerprint density at radius 3 is 2.27 bits per heavy atom. The molecule has 1 rings (SSSR count). The predicted molar refractivity (Wildman–Crippen MR) is 97.8 cm³/mol. The van der Waals surface area contributed by atoms with Crippen LogP contribution in [0, 0.1) is 0 Å². The lowest BCUT2D eigenvalue weighted by molar-refractivity contribution is 1.22. The number of nitrogens with zero attached hydrogens (tertiary/aromatic N) is 3. The number of pyridine rings is 1. The fourth-order valence-electron chi connectivity index (χ4n) is 1.87. The van der Waals surface area contributed by atoms with Crippen molar-refractivity contribution < 1.29 is 0 Å². The van der Waals surface area contributed by atoms with Crippen LogP contribution in [0.3, 0.4) is 0 Å². The summed E-state index contributed by atoms with van der Waals surface area (Å²) in [6.45, 7) is 13.4. The molecule has 1 aromatic heterocycles. The van der Waals surface area contributed by atoms with Gasteiger partial charge < -0.3 is 0 Å². The third kappa shape index (κ3) is 4.48. The van der Waals surface area contributed by atoms with Crippen LogP contribution in [0.5, 0.6) is 0 Å². The second-order valence-corrected chi connectivity index (χ2v) is 4.68. The number of aromatic nitrogens is 1. The Morgan fingerprint density at radius 1 is 1.14 bits per heavy atom. The van der Waals surface area contributed by atoms with Crippen molar-refractivity contribution in [2.75, 3.05) is 7.05 Å². The first-order chi connectivity index (χ1) is 10.6. The molecule has 0 N–H and O–H groups in total. The number of rotatable bonds is 6. The summed E-state index contributed by atoms with van der Waals surface area (Å²) in [7, 11) is 1.76. The Labute approximate surface area is 133 Å². The molecule has 0 fully saturated rings. The molecular formula is C19H23N3. The molecule has 0 aliphatic carbocycles. The van der Waals surface area contributed by atoms with Gasteiger partial charge >= 0.3 is 0 Å². The van der Waals surface area contributed by atoms with Crippen LogP contribution in [0.2, 0.25) is 0 Å². The molecule has 0 bridgehead atoms. The number of hydrogen-bond acceptors (Lipinski definition) is 3. The van der Waals surface area contributed by atoms with Crippen molar-refractivity contribution in [2.45, 2.75) is 20.8 Å². The molecule has 0 saturated carbocycles. The van der Waals surface area contributed by atoms with Gasteiger partial charge in [-0.3, -0.25) is 9.98 Å². The lowest BCUT2D eigenvalue weighted by atomic mass is 10.0. The van der Waals surface area contributed by atoms with Crippen LogP contribution >= 0.6 is 0 Å². The molecule has 0 spiro atoms. The van der Waals surface area contributed by atoms with Gasteiger partial charge in [0.15, 0.2) is 0 Å². The summed E-state index contributed by atoms with van der Waals surface area (Å²) in [6, 6.07) is 4.02. The van der Waals surface area contributed by atoms with Crippen molar-refractivity contribution in [1.29, 1.82) is 0 Å². The maximum absolute atomic E-state index is 4.63. The minimum atomic E-state index is 0.809. The second-order valence-electron chi connectivity index (χ2n) is 4.68. The van der Waals surface area contributed by atoms with Crippen molar-refractivity contribution in [3.05, 3.63) is 72.7 Å². The van der Waals surface area contributed by atoms with Gasteiger partial charge in [0.2, 0.25) is 0 Å². The first kappa shape index (κ1) is 17.5. The molecule has 0 radical (unpaired) electrons. The van der Waals surface area contributed by atoms with E-state index in [4.69, 9.17) is 0 Å². The molecule has 114 valence electrons. The van der Waals surface area contributed by atoms with Gasteiger partial charge in [0, 0.05) is 13.2 Å². The van der Waals surface area contributed by atoms with E-state index < -0.39 is 0 Å². The Kier molecular flexibility index (Phi) is 6.90. The molecule has 3 heteroatoms. The van der Waals surface area contributed by atoms with Crippen LogP contribution < -0.4 is 0 Å². The van der Waals surface area contributed by atoms with E-state index in [1.54, 1.807) is 7.05 Å². The first-order valence-corrected chi connectivity index (χ1v) is 7.14. The maximum atomic E-state index is 4.63. The second kappa shape index (κ2) is 8.67. The van der Waals surface area contributed by atoms with Crippen LogP contribution in [-0.4, -0.2) is 23.5 Å². The van der Waals surface area contributed by atoms with Crippen LogP contribution in [0.1, 0.15) is 37.7 Å². The highest BCUT2D eigenvalue weighted by Gasteiger charge is 2.09. The zero-order valence-corrected chi connectivity index (χ0v) is 13.8. The summed E-state index contributed by atoms with van der Waals surface area (Å²) in [5.74, 6) is 0. The van der Waals surface area contributed by atoms with E-state index in [0.29, 0.717) is 0 Å². The predicted octanol–water partition coefficient (Wildman–Crippen LogP) is 4.62. The van der Waals surface area contributed by atoms with Gasteiger partial charge in [0.25, 0.3) is 0 Å². The topological polar surface area (TPSA) is 37.6 Å². The maximum Gasteiger partial charge on any atom is 0.0855 e. The van der Waals surface area contributed by atoms with Gasteiger partial charge in [-0.25, -0.2) is 4.98 Å². The highest BCUT2D eigenvalue weighted by Crippen LogP contribution is 2.19. The van der Waals surface area contributed by atoms with E-state index in [1.807, 2.05) is 57.2 Å². The zero-order chi connectivity index (χ0) is 16.5. The Hall–Kier alpha value is -2.55. The van der Waals surface area contributed by atoms with Gasteiger partial charge in [-0.2, -0.15) is 0 Å². The van der Waals surface area contributed by atoms with Gasteiger partial charge in [0.1, 0.15) is 0 Å². The molecule has 1 heterocycles. The lowest BCUT2D eigenvalue weighted by Gasteiger charge is -2.09. The molecule has 3 nitrogen and oxygen atoms in total. The first-order valence-electron chi connectivity index (χ1n) is 7.14. The summed E-state index contributed by atoms with van der Waals surface area (Å²) >= 11 is 0. The van der Waals surface area contributed by atoms with Crippen molar-refractivity contribution in [2.24, 2.45) is 9.98 Å². The fraction of sp³-hybridized carbons (Fsp3) is 0.211. The largest absolute Gasteiger partial charge is 0.291 e. The third-order valence-electron chi connectivity index (χ3n) is 3.21. The molecule has 0 aliphatic heterocycles. The average molecular weight is 293 g/mol. The highest BCUT2D eigenvalue weighted by molar-refractivity contribution is 6.02. The monoisotopic (exact) mass is 293 g/mol. The normalized spacial score (nSPS) is 13.5. The van der Waals surface area contributed by atoms with Crippen molar-refractivity contribution in [3.8, 4) is 0 Å². The standard InChI is InChI=1S/C19H23N3/c1-7-10-11-16(8-2)17-12-18(14(4)20-6)22-19(13-17)15(5)21-9-3/h7-13H,2-3H2,1,4-6H3/b10-7-,16-11+,20-14?,21-15?. The van der Waals surface area contributed by atoms with E-state index in [-0.39, 0.29) is 0 Å². The van der Waals surface area contributed by atoms with Crippen LogP contribution in [0.25, 0.3) is 5.57 Å². The average Bonchev–Trinajstić information content (AvgIpc) is 2.54. The Balaban J connectivity index is 3.57. The van der Waals surface area contributed by atoms with E-state index in [9.17, 15) is 0 Å². The van der Waals surface area contributed by atoms with Crippen LogP contribution in [0.15, 0.2) is 65.8 Å². The quantitative estimate of drug-likeness (QED) is 0.557. The molecule has 0 saturated heterocycles. The van der Waals surface area contributed by atoms with E-state index >= 15 is 0 Å². The molecule has 0 unspecified atom stereocenters. The molecule has 1 aromatic rings. The molecule has 0 aliphatic rings. The third-order valence-corrected chi connectivity index (χ3v) is 3.21. The van der Waals surface area contributed by atoms with Crippen LogP contribution in [0.4, 0.5) is 0 Å². The molecule has 0 amide bonds. The van der Waals surface area contributed by atoms with E-state index in [2.05, 4.69) is 28.1 Å². The molecular weight excluding hydrogens is 270 g/mol. The van der Waals surface area contributed by atoms with Gasteiger partial charge in [-0.1, -0.05) is 37.5 Å². The smallest absolute Gasteiger partial charge is 0.0855 e. The number of hydrogen-bond donors (Lipinski definition) is 0. The van der Waals surface area contributed by atoms with Crippen LogP contribution in [-0.2, 0) is 0 Å². The van der Waals surface area contributed by atoms with Crippen molar-refractivity contribution in [3.63, 3.8) is 0 Å². The zero-order valence-electron chi connectivity index (χ0n) is 13.8. The Morgan fingerprint density at radius 2 is 1.77 bits per heavy atom. The van der Waals surface area contributed by atoms with Crippen molar-refractivity contribution in [1.82, 2.24) is 4.98 Å². The summed E-state index contributed by atoms with van der Waals surface area (Å²) in [5, 5.41) is 0. The lowest BCUT2D eigenvalue weighted by Crippen LogP contribution is -2.07.